The van der Waals surface area contributed by atoms with Gasteiger partial charge in [-0.2, -0.15) is 0 Å². The lowest BCUT2D eigenvalue weighted by Crippen LogP contribution is -2.25. The number of carbonyl (C=O) groups is 2. The van der Waals surface area contributed by atoms with Gasteiger partial charge < -0.3 is 5.73 Å². The number of ketones is 2. The maximum atomic E-state index is 12.4. The second-order valence-electron chi connectivity index (χ2n) is 5.14. The molecule has 3 heteroatoms. The van der Waals surface area contributed by atoms with Crippen molar-refractivity contribution in [3.63, 3.8) is 0 Å². The monoisotopic (exact) mass is 289 g/mol. The van der Waals surface area contributed by atoms with E-state index in [0.29, 0.717) is 5.57 Å². The molecule has 1 aliphatic carbocycles. The first-order valence-electron chi connectivity index (χ1n) is 7.04. The van der Waals surface area contributed by atoms with Crippen LogP contribution in [0.2, 0.25) is 0 Å². The first-order chi connectivity index (χ1) is 10.7. The van der Waals surface area contributed by atoms with Crippen LogP contribution in [0.5, 0.6) is 0 Å². The molecule has 2 aromatic carbocycles. The lowest BCUT2D eigenvalue weighted by molar-refractivity contribution is -0.115. The summed E-state index contributed by atoms with van der Waals surface area (Å²) in [6, 6.07) is 19.2. The average Bonchev–Trinajstić information content (AvgIpc) is 2.57. The fraction of sp³-hybridized carbons (Fsp3) is 0.0526. The van der Waals surface area contributed by atoms with Crippen molar-refractivity contribution in [3.05, 3.63) is 95.2 Å². The lowest BCUT2D eigenvalue weighted by Gasteiger charge is -2.23. The van der Waals surface area contributed by atoms with Crippen LogP contribution in [0.4, 0.5) is 0 Å². The number of hydrogen-bond donors (Lipinski definition) is 1. The summed E-state index contributed by atoms with van der Waals surface area (Å²) in [6.07, 6.45) is 2.53. The highest BCUT2D eigenvalue weighted by molar-refractivity contribution is 6.20. The highest BCUT2D eigenvalue weighted by Gasteiger charge is 2.29. The van der Waals surface area contributed by atoms with E-state index in [1.807, 2.05) is 60.7 Å². The average molecular weight is 289 g/mol. The molecule has 0 aliphatic heterocycles. The van der Waals surface area contributed by atoms with E-state index in [1.54, 1.807) is 0 Å². The summed E-state index contributed by atoms with van der Waals surface area (Å²) >= 11 is 0. The molecule has 0 radical (unpaired) electrons. The number of nitrogens with two attached hydrogens (primary N) is 1. The van der Waals surface area contributed by atoms with Gasteiger partial charge in [-0.05, 0) is 23.3 Å². The maximum Gasteiger partial charge on any atom is 0.202 e. The number of hydrogen-bond acceptors (Lipinski definition) is 3. The number of rotatable bonds is 3. The molecule has 0 saturated carbocycles. The molecule has 0 aromatic heterocycles. The molecule has 0 atom stereocenters. The van der Waals surface area contributed by atoms with Crippen LogP contribution < -0.4 is 5.73 Å². The van der Waals surface area contributed by atoms with Gasteiger partial charge in [-0.15, -0.1) is 0 Å². The third-order valence-electron chi connectivity index (χ3n) is 3.76. The van der Waals surface area contributed by atoms with Crippen molar-refractivity contribution in [1.82, 2.24) is 0 Å². The molecule has 0 saturated heterocycles. The van der Waals surface area contributed by atoms with Crippen LogP contribution >= 0.6 is 0 Å². The zero-order valence-electron chi connectivity index (χ0n) is 11.9. The summed E-state index contributed by atoms with van der Waals surface area (Å²) in [7, 11) is 0. The Hall–Kier alpha value is -2.94. The van der Waals surface area contributed by atoms with Crippen LogP contribution in [0.25, 0.3) is 0 Å². The Bertz CT molecular complexity index is 734. The van der Waals surface area contributed by atoms with E-state index in [-0.39, 0.29) is 23.2 Å². The van der Waals surface area contributed by atoms with Crippen LogP contribution in [0.15, 0.2) is 84.1 Å². The fourth-order valence-electron chi connectivity index (χ4n) is 2.71. The molecule has 22 heavy (non-hydrogen) atoms. The summed E-state index contributed by atoms with van der Waals surface area (Å²) in [4.78, 5) is 24.3. The molecule has 0 spiro atoms. The third-order valence-corrected chi connectivity index (χ3v) is 3.76. The molecule has 3 nitrogen and oxygen atoms in total. The van der Waals surface area contributed by atoms with Gasteiger partial charge in [0.2, 0.25) is 5.78 Å². The molecule has 1 aliphatic rings. The number of benzene rings is 2. The smallest absolute Gasteiger partial charge is 0.202 e. The fourth-order valence-corrected chi connectivity index (χ4v) is 2.71. The highest BCUT2D eigenvalue weighted by atomic mass is 16.1. The molecule has 2 aromatic rings. The van der Waals surface area contributed by atoms with Gasteiger partial charge in [0.15, 0.2) is 5.78 Å². The van der Waals surface area contributed by atoms with Crippen LogP contribution in [0.1, 0.15) is 17.0 Å². The molecule has 108 valence electrons. The predicted octanol–water partition coefficient (Wildman–Crippen LogP) is 2.74. The Morgan fingerprint density at radius 1 is 0.682 bits per heavy atom. The minimum Gasteiger partial charge on any atom is -0.395 e. The molecule has 0 bridgehead atoms. The first kappa shape index (κ1) is 14.0. The van der Waals surface area contributed by atoms with E-state index in [2.05, 4.69) is 0 Å². The molecule has 0 fully saturated rings. The second kappa shape index (κ2) is 5.82. The topological polar surface area (TPSA) is 60.2 Å². The minimum atomic E-state index is -0.344. The number of carbonyl (C=O) groups excluding carboxylic acids is 2. The Kier molecular flexibility index (Phi) is 3.71. The normalized spacial score (nSPS) is 14.8. The maximum absolute atomic E-state index is 12.4. The van der Waals surface area contributed by atoms with Crippen molar-refractivity contribution >= 4 is 11.6 Å². The Labute approximate surface area is 128 Å². The van der Waals surface area contributed by atoms with Crippen molar-refractivity contribution in [3.8, 4) is 0 Å². The zero-order valence-corrected chi connectivity index (χ0v) is 11.9. The SMILES string of the molecule is NC1=C(C(c2ccccc2)c2ccccc2)C(=O)C=CC1=O. The summed E-state index contributed by atoms with van der Waals surface area (Å²) in [5.41, 5.74) is 8.20. The Balaban J connectivity index is 2.21. The quantitative estimate of drug-likeness (QED) is 0.884. The Morgan fingerprint density at radius 3 is 1.64 bits per heavy atom. The minimum absolute atomic E-state index is 0.0326. The van der Waals surface area contributed by atoms with Gasteiger partial charge in [0, 0.05) is 11.5 Å². The van der Waals surface area contributed by atoms with Crippen LogP contribution in [0.3, 0.4) is 0 Å². The van der Waals surface area contributed by atoms with Crippen molar-refractivity contribution < 1.29 is 9.59 Å². The predicted molar refractivity (Wildman–Crippen MR) is 85.1 cm³/mol. The van der Waals surface area contributed by atoms with Gasteiger partial charge in [0.1, 0.15) is 0 Å². The van der Waals surface area contributed by atoms with E-state index >= 15 is 0 Å². The zero-order chi connectivity index (χ0) is 15.5. The summed E-state index contributed by atoms with van der Waals surface area (Å²) < 4.78 is 0. The van der Waals surface area contributed by atoms with Gasteiger partial charge in [0.25, 0.3) is 0 Å². The standard InChI is InChI=1S/C19H15NO2/c20-19-16(22)12-11-15(21)18(19)17(13-7-3-1-4-8-13)14-9-5-2-6-10-14/h1-12,17H,20H2. The van der Waals surface area contributed by atoms with Crippen molar-refractivity contribution in [1.29, 1.82) is 0 Å². The molecule has 0 amide bonds. The summed E-state index contributed by atoms with van der Waals surface area (Å²) in [6.45, 7) is 0. The third kappa shape index (κ3) is 2.49. The molecule has 3 rings (SSSR count). The number of allylic oxidation sites excluding steroid dienone is 3. The first-order valence-corrected chi connectivity index (χ1v) is 7.04. The van der Waals surface area contributed by atoms with Crippen LogP contribution in [-0.4, -0.2) is 11.6 Å². The Morgan fingerprint density at radius 2 is 1.14 bits per heavy atom. The van der Waals surface area contributed by atoms with Crippen LogP contribution in [-0.2, 0) is 9.59 Å². The largest absolute Gasteiger partial charge is 0.395 e. The summed E-state index contributed by atoms with van der Waals surface area (Å²) in [5, 5.41) is 0. The van der Waals surface area contributed by atoms with Gasteiger partial charge in [-0.25, -0.2) is 0 Å². The van der Waals surface area contributed by atoms with Crippen molar-refractivity contribution in [2.45, 2.75) is 5.92 Å². The van der Waals surface area contributed by atoms with E-state index in [1.165, 1.54) is 12.2 Å². The molecule has 0 unspecified atom stereocenters. The van der Waals surface area contributed by atoms with E-state index < -0.39 is 0 Å². The van der Waals surface area contributed by atoms with Gasteiger partial charge in [-0.1, -0.05) is 60.7 Å². The molecular formula is C19H15NO2. The van der Waals surface area contributed by atoms with Gasteiger partial charge in [0.05, 0.1) is 5.70 Å². The van der Waals surface area contributed by atoms with E-state index in [0.717, 1.165) is 11.1 Å². The van der Waals surface area contributed by atoms with Gasteiger partial charge >= 0.3 is 0 Å². The van der Waals surface area contributed by atoms with Crippen LogP contribution in [0, 0.1) is 0 Å². The van der Waals surface area contributed by atoms with Crippen molar-refractivity contribution in [2.75, 3.05) is 0 Å². The summed E-state index contributed by atoms with van der Waals surface area (Å²) in [5.74, 6) is -0.870. The molecular weight excluding hydrogens is 274 g/mol. The van der Waals surface area contributed by atoms with E-state index in [9.17, 15) is 9.59 Å². The van der Waals surface area contributed by atoms with E-state index in [4.69, 9.17) is 5.73 Å². The van der Waals surface area contributed by atoms with Crippen molar-refractivity contribution in [2.24, 2.45) is 5.73 Å². The highest BCUT2D eigenvalue weighted by Crippen LogP contribution is 2.34. The lowest BCUT2D eigenvalue weighted by atomic mass is 9.80. The molecule has 0 heterocycles. The second-order valence-corrected chi connectivity index (χ2v) is 5.14. The van der Waals surface area contributed by atoms with Gasteiger partial charge in [-0.3, -0.25) is 9.59 Å². The molecule has 2 N–H and O–H groups in total.